The van der Waals surface area contributed by atoms with Crippen molar-refractivity contribution < 1.29 is 9.18 Å². The van der Waals surface area contributed by atoms with Gasteiger partial charge in [-0.25, -0.2) is 4.39 Å². The fourth-order valence-corrected chi connectivity index (χ4v) is 1.97. The van der Waals surface area contributed by atoms with Crippen LogP contribution in [0.25, 0.3) is 0 Å². The molecule has 19 heavy (non-hydrogen) atoms. The second-order valence-corrected chi connectivity index (χ2v) is 5.01. The second-order valence-electron chi connectivity index (χ2n) is 4.09. The lowest BCUT2D eigenvalue weighted by atomic mass is 10.1. The molecule has 0 spiro atoms. The Morgan fingerprint density at radius 2 is 1.89 bits per heavy atom. The summed E-state index contributed by atoms with van der Waals surface area (Å²) in [6.07, 6.45) is 0.173. The summed E-state index contributed by atoms with van der Waals surface area (Å²) in [6, 6.07) is 11.4. The summed E-state index contributed by atoms with van der Waals surface area (Å²) in [5.41, 5.74) is 7.19. The largest absolute Gasteiger partial charge is 0.399 e. The monoisotopic (exact) mass is 322 g/mol. The van der Waals surface area contributed by atoms with Gasteiger partial charge in [0.15, 0.2) is 0 Å². The molecule has 1 amide bonds. The molecule has 0 saturated carbocycles. The summed E-state index contributed by atoms with van der Waals surface area (Å²) < 4.78 is 14.2. The zero-order chi connectivity index (χ0) is 13.8. The van der Waals surface area contributed by atoms with E-state index in [-0.39, 0.29) is 18.0 Å². The maximum atomic E-state index is 13.5. The molecule has 2 aromatic rings. The van der Waals surface area contributed by atoms with Gasteiger partial charge in [0.05, 0.1) is 12.1 Å². The quantitative estimate of drug-likeness (QED) is 0.851. The summed E-state index contributed by atoms with van der Waals surface area (Å²) in [6.45, 7) is 0. The van der Waals surface area contributed by atoms with Gasteiger partial charge in [-0.1, -0.05) is 28.1 Å². The van der Waals surface area contributed by atoms with Crippen molar-refractivity contribution in [1.82, 2.24) is 0 Å². The molecule has 0 fully saturated rings. The van der Waals surface area contributed by atoms with E-state index >= 15 is 0 Å². The molecule has 5 heteroatoms. The van der Waals surface area contributed by atoms with Crippen molar-refractivity contribution in [3.63, 3.8) is 0 Å². The fourth-order valence-electron chi connectivity index (χ4n) is 1.61. The molecule has 0 saturated heterocycles. The van der Waals surface area contributed by atoms with Gasteiger partial charge in [0, 0.05) is 10.2 Å². The Morgan fingerprint density at radius 3 is 2.58 bits per heavy atom. The first-order chi connectivity index (χ1) is 9.04. The standard InChI is InChI=1S/C14H12BrFN2O/c15-10-3-6-12(16)13(8-10)18-14(19)7-9-1-4-11(17)5-2-9/h1-6,8H,7,17H2,(H,18,19). The van der Waals surface area contributed by atoms with Gasteiger partial charge in [-0.3, -0.25) is 4.79 Å². The van der Waals surface area contributed by atoms with Crippen LogP contribution in [0.3, 0.4) is 0 Å². The minimum absolute atomic E-state index is 0.162. The molecule has 0 radical (unpaired) electrons. The van der Waals surface area contributed by atoms with E-state index < -0.39 is 5.82 Å². The van der Waals surface area contributed by atoms with Gasteiger partial charge in [-0.15, -0.1) is 0 Å². The highest BCUT2D eigenvalue weighted by molar-refractivity contribution is 9.10. The highest BCUT2D eigenvalue weighted by Gasteiger charge is 2.08. The molecule has 0 bridgehead atoms. The van der Waals surface area contributed by atoms with E-state index in [9.17, 15) is 9.18 Å². The zero-order valence-corrected chi connectivity index (χ0v) is 11.6. The minimum atomic E-state index is -0.464. The van der Waals surface area contributed by atoms with Gasteiger partial charge in [0.1, 0.15) is 5.82 Å². The van der Waals surface area contributed by atoms with Crippen LogP contribution in [0.2, 0.25) is 0 Å². The van der Waals surface area contributed by atoms with E-state index in [0.29, 0.717) is 10.2 Å². The van der Waals surface area contributed by atoms with E-state index in [1.54, 1.807) is 30.3 Å². The fraction of sp³-hybridized carbons (Fsp3) is 0.0714. The lowest BCUT2D eigenvalue weighted by Gasteiger charge is -2.07. The van der Waals surface area contributed by atoms with Crippen LogP contribution in [0.1, 0.15) is 5.56 Å². The number of amides is 1. The molecule has 0 aromatic heterocycles. The number of carbonyl (C=O) groups is 1. The average Bonchev–Trinajstić information content (AvgIpc) is 2.37. The molecule has 2 aromatic carbocycles. The van der Waals surface area contributed by atoms with E-state index in [1.165, 1.54) is 12.1 Å². The Morgan fingerprint density at radius 1 is 1.21 bits per heavy atom. The first-order valence-electron chi connectivity index (χ1n) is 5.64. The van der Waals surface area contributed by atoms with Gasteiger partial charge in [-0.05, 0) is 35.9 Å². The van der Waals surface area contributed by atoms with E-state index in [1.807, 2.05) is 0 Å². The third-order valence-electron chi connectivity index (χ3n) is 2.55. The van der Waals surface area contributed by atoms with Crippen molar-refractivity contribution in [2.75, 3.05) is 11.1 Å². The Labute approximate surface area is 118 Å². The molecule has 3 N–H and O–H groups in total. The molecule has 0 aliphatic heterocycles. The molecule has 0 atom stereocenters. The lowest BCUT2D eigenvalue weighted by molar-refractivity contribution is -0.115. The predicted octanol–water partition coefficient (Wildman–Crippen LogP) is 3.35. The maximum absolute atomic E-state index is 13.5. The molecule has 0 unspecified atom stereocenters. The van der Waals surface area contributed by atoms with Gasteiger partial charge in [-0.2, -0.15) is 0 Å². The Balaban J connectivity index is 2.05. The minimum Gasteiger partial charge on any atom is -0.399 e. The van der Waals surface area contributed by atoms with Crippen molar-refractivity contribution in [1.29, 1.82) is 0 Å². The lowest BCUT2D eigenvalue weighted by Crippen LogP contribution is -2.15. The highest BCUT2D eigenvalue weighted by Crippen LogP contribution is 2.20. The summed E-state index contributed by atoms with van der Waals surface area (Å²) in [5.74, 6) is -0.740. The topological polar surface area (TPSA) is 55.1 Å². The van der Waals surface area contributed by atoms with Crippen LogP contribution in [-0.2, 0) is 11.2 Å². The summed E-state index contributed by atoms with van der Waals surface area (Å²) in [4.78, 5) is 11.8. The zero-order valence-electron chi connectivity index (χ0n) is 9.99. The van der Waals surface area contributed by atoms with E-state index in [0.717, 1.165) is 5.56 Å². The number of benzene rings is 2. The predicted molar refractivity (Wildman–Crippen MR) is 77.3 cm³/mol. The highest BCUT2D eigenvalue weighted by atomic mass is 79.9. The average molecular weight is 323 g/mol. The molecular formula is C14H12BrFN2O. The van der Waals surface area contributed by atoms with Crippen LogP contribution < -0.4 is 11.1 Å². The smallest absolute Gasteiger partial charge is 0.228 e. The number of anilines is 2. The van der Waals surface area contributed by atoms with Crippen LogP contribution in [0, 0.1) is 5.82 Å². The Kier molecular flexibility index (Phi) is 4.16. The maximum Gasteiger partial charge on any atom is 0.228 e. The number of rotatable bonds is 3. The van der Waals surface area contributed by atoms with Gasteiger partial charge in [0.2, 0.25) is 5.91 Å². The second kappa shape index (κ2) is 5.84. The number of hydrogen-bond acceptors (Lipinski definition) is 2. The number of carbonyl (C=O) groups excluding carboxylic acids is 1. The summed E-state index contributed by atoms with van der Waals surface area (Å²) in [7, 11) is 0. The third kappa shape index (κ3) is 3.79. The number of halogens is 2. The van der Waals surface area contributed by atoms with Gasteiger partial charge >= 0.3 is 0 Å². The molecule has 98 valence electrons. The van der Waals surface area contributed by atoms with E-state index in [2.05, 4.69) is 21.2 Å². The van der Waals surface area contributed by atoms with Crippen LogP contribution in [-0.4, -0.2) is 5.91 Å². The Bertz CT molecular complexity index is 599. The molecule has 2 rings (SSSR count). The summed E-state index contributed by atoms with van der Waals surface area (Å²) >= 11 is 3.23. The molecular weight excluding hydrogens is 311 g/mol. The van der Waals surface area contributed by atoms with Crippen LogP contribution in [0.15, 0.2) is 46.9 Å². The third-order valence-corrected chi connectivity index (χ3v) is 3.04. The number of nitrogens with two attached hydrogens (primary N) is 1. The Hall–Kier alpha value is -1.88. The molecule has 0 aliphatic rings. The molecule has 0 aliphatic carbocycles. The normalized spacial score (nSPS) is 10.2. The SMILES string of the molecule is Nc1ccc(CC(=O)Nc2cc(Br)ccc2F)cc1. The van der Waals surface area contributed by atoms with Gasteiger partial charge in [0.25, 0.3) is 0 Å². The van der Waals surface area contributed by atoms with Crippen molar-refractivity contribution in [2.24, 2.45) is 0 Å². The number of nitrogen functional groups attached to an aromatic ring is 1. The van der Waals surface area contributed by atoms with Crippen LogP contribution >= 0.6 is 15.9 Å². The molecule has 0 heterocycles. The first kappa shape index (κ1) is 13.5. The number of hydrogen-bond donors (Lipinski definition) is 2. The first-order valence-corrected chi connectivity index (χ1v) is 6.43. The van der Waals surface area contributed by atoms with Crippen LogP contribution in [0.4, 0.5) is 15.8 Å². The van der Waals surface area contributed by atoms with E-state index in [4.69, 9.17) is 5.73 Å². The summed E-state index contributed by atoms with van der Waals surface area (Å²) in [5, 5.41) is 2.54. The van der Waals surface area contributed by atoms with Crippen molar-refractivity contribution in [3.05, 3.63) is 58.3 Å². The van der Waals surface area contributed by atoms with Crippen molar-refractivity contribution in [3.8, 4) is 0 Å². The van der Waals surface area contributed by atoms with Gasteiger partial charge < -0.3 is 11.1 Å². The van der Waals surface area contributed by atoms with Crippen LogP contribution in [0.5, 0.6) is 0 Å². The van der Waals surface area contributed by atoms with Crippen molar-refractivity contribution >= 4 is 33.2 Å². The van der Waals surface area contributed by atoms with Crippen molar-refractivity contribution in [2.45, 2.75) is 6.42 Å². The number of nitrogens with one attached hydrogen (secondary N) is 1. The molecule has 3 nitrogen and oxygen atoms in total.